The maximum Gasteiger partial charge on any atom is 0.306 e. The van der Waals surface area contributed by atoms with Gasteiger partial charge in [0, 0.05) is 30.4 Å². The Morgan fingerprint density at radius 3 is 2.51 bits per heavy atom. The van der Waals surface area contributed by atoms with Gasteiger partial charge in [-0.3, -0.25) is 19.0 Å². The molecule has 2 aromatic carbocycles. The molecular formula is C30H30FN3O5. The van der Waals surface area contributed by atoms with Crippen LogP contribution in [0.5, 0.6) is 0 Å². The summed E-state index contributed by atoms with van der Waals surface area (Å²) >= 11 is 0. The number of halogens is 1. The highest BCUT2D eigenvalue weighted by Gasteiger charge is 2.33. The minimum Gasteiger partial charge on any atom is -0.460 e. The number of hydrogen-bond acceptors (Lipinski definition) is 7. The van der Waals surface area contributed by atoms with Crippen LogP contribution in [-0.2, 0) is 16.0 Å². The number of ether oxygens (including phenoxy) is 1. The molecule has 4 aromatic rings. The zero-order valence-corrected chi connectivity index (χ0v) is 22.2. The van der Waals surface area contributed by atoms with Crippen LogP contribution >= 0.6 is 0 Å². The van der Waals surface area contributed by atoms with Crippen LogP contribution in [-0.4, -0.2) is 32.1 Å². The number of ketones is 1. The molecule has 39 heavy (non-hydrogen) atoms. The Morgan fingerprint density at radius 1 is 1.08 bits per heavy atom. The van der Waals surface area contributed by atoms with Crippen molar-refractivity contribution in [3.63, 3.8) is 0 Å². The lowest BCUT2D eigenvalue weighted by Crippen LogP contribution is -2.24. The minimum atomic E-state index is -0.548. The fourth-order valence-corrected chi connectivity index (χ4v) is 4.43. The second kappa shape index (κ2) is 10.6. The van der Waals surface area contributed by atoms with Gasteiger partial charge >= 0.3 is 5.97 Å². The molecule has 9 heteroatoms. The topological polar surface area (TPSA) is 104 Å². The average Bonchev–Trinajstić information content (AvgIpc) is 3.62. The maximum absolute atomic E-state index is 13.6. The first-order chi connectivity index (χ1) is 18.6. The van der Waals surface area contributed by atoms with Crippen LogP contribution in [0.2, 0.25) is 0 Å². The molecule has 0 saturated heterocycles. The number of Topliss-reactive ketones (excluding diaryl/α,β-unsaturated/α-hetero) is 1. The lowest BCUT2D eigenvalue weighted by molar-refractivity contribution is -0.154. The number of carbonyl (C=O) groups is 2. The number of rotatable bonds is 9. The summed E-state index contributed by atoms with van der Waals surface area (Å²) in [6, 6.07) is 12.5. The number of carbonyl (C=O) groups excluding carboxylic acids is 2. The molecule has 2 heterocycles. The SMILES string of the molecule is CC(C)(C)OC(=O)CCCCc1nc2cc(-c3cc(C(=O)C4CC4)on3)ccc2c(=O)n1-c1ccc(F)cc1. The number of nitrogens with zero attached hydrogens (tertiary/aromatic N) is 3. The first kappa shape index (κ1) is 26.5. The minimum absolute atomic E-state index is 0.0203. The normalized spacial score (nSPS) is 13.5. The largest absolute Gasteiger partial charge is 0.460 e. The van der Waals surface area contributed by atoms with Crippen molar-refractivity contribution in [2.45, 2.75) is 64.9 Å². The second-order valence-electron chi connectivity index (χ2n) is 10.9. The van der Waals surface area contributed by atoms with Crippen molar-refractivity contribution in [2.75, 3.05) is 0 Å². The highest BCUT2D eigenvalue weighted by Crippen LogP contribution is 2.33. The van der Waals surface area contributed by atoms with Gasteiger partial charge in [0.2, 0.25) is 11.5 Å². The van der Waals surface area contributed by atoms with E-state index in [9.17, 15) is 18.8 Å². The van der Waals surface area contributed by atoms with Gasteiger partial charge in [-0.25, -0.2) is 9.37 Å². The summed E-state index contributed by atoms with van der Waals surface area (Å²) in [4.78, 5) is 42.9. The Kier molecular flexibility index (Phi) is 7.16. The molecule has 2 aromatic heterocycles. The number of fused-ring (bicyclic) bond motifs is 1. The van der Waals surface area contributed by atoms with Gasteiger partial charge in [-0.05, 0) is 82.9 Å². The van der Waals surface area contributed by atoms with Crippen LogP contribution < -0.4 is 5.56 Å². The van der Waals surface area contributed by atoms with E-state index < -0.39 is 11.4 Å². The van der Waals surface area contributed by atoms with Gasteiger partial charge in [-0.1, -0.05) is 11.2 Å². The lowest BCUT2D eigenvalue weighted by atomic mass is 10.1. The van der Waals surface area contributed by atoms with E-state index in [1.54, 1.807) is 24.3 Å². The molecule has 0 amide bonds. The van der Waals surface area contributed by atoms with Crippen molar-refractivity contribution in [1.82, 2.24) is 14.7 Å². The Hall–Kier alpha value is -4.14. The highest BCUT2D eigenvalue weighted by molar-refractivity contribution is 5.97. The van der Waals surface area contributed by atoms with Crippen LogP contribution in [0.4, 0.5) is 4.39 Å². The average molecular weight is 532 g/mol. The van der Waals surface area contributed by atoms with Crippen LogP contribution in [0.25, 0.3) is 27.8 Å². The Bertz CT molecular complexity index is 1590. The zero-order chi connectivity index (χ0) is 27.7. The van der Waals surface area contributed by atoms with Gasteiger partial charge in [-0.15, -0.1) is 0 Å². The summed E-state index contributed by atoms with van der Waals surface area (Å²) < 4.78 is 25.8. The van der Waals surface area contributed by atoms with Gasteiger partial charge < -0.3 is 9.26 Å². The zero-order valence-electron chi connectivity index (χ0n) is 22.2. The van der Waals surface area contributed by atoms with E-state index in [1.165, 1.54) is 28.8 Å². The summed E-state index contributed by atoms with van der Waals surface area (Å²) in [5, 5.41) is 4.45. The molecule has 202 valence electrons. The number of benzene rings is 2. The van der Waals surface area contributed by atoms with Crippen LogP contribution in [0.1, 0.15) is 69.3 Å². The van der Waals surface area contributed by atoms with Gasteiger partial charge in [0.25, 0.3) is 5.56 Å². The third-order valence-electron chi connectivity index (χ3n) is 6.47. The standard InChI is InChI=1S/C30H30FN3O5/c1-30(2,3)38-27(35)7-5-4-6-26-32-24-16-19(23-17-25(39-33-23)28(36)18-8-9-18)10-15-22(24)29(37)34(26)21-13-11-20(31)12-14-21/h10-18H,4-9H2,1-3H3. The van der Waals surface area contributed by atoms with Crippen LogP contribution in [0, 0.1) is 11.7 Å². The van der Waals surface area contributed by atoms with Gasteiger partial charge in [0.1, 0.15) is 22.9 Å². The predicted octanol–water partition coefficient (Wildman–Crippen LogP) is 5.83. The molecule has 1 aliphatic carbocycles. The highest BCUT2D eigenvalue weighted by atomic mass is 19.1. The molecule has 8 nitrogen and oxygen atoms in total. The van der Waals surface area contributed by atoms with Crippen molar-refractivity contribution >= 4 is 22.7 Å². The Labute approximate surface area is 224 Å². The Morgan fingerprint density at radius 2 is 1.82 bits per heavy atom. The number of aryl methyl sites for hydroxylation is 1. The van der Waals surface area contributed by atoms with E-state index in [0.29, 0.717) is 52.9 Å². The van der Waals surface area contributed by atoms with E-state index in [0.717, 1.165) is 12.8 Å². The predicted molar refractivity (Wildman–Crippen MR) is 143 cm³/mol. The molecule has 0 unspecified atom stereocenters. The van der Waals surface area contributed by atoms with Crippen LogP contribution in [0.15, 0.2) is 57.8 Å². The molecule has 0 aliphatic heterocycles. The first-order valence-electron chi connectivity index (χ1n) is 13.1. The number of aromatic nitrogens is 3. The van der Waals surface area contributed by atoms with Crippen molar-refractivity contribution in [2.24, 2.45) is 5.92 Å². The summed E-state index contributed by atoms with van der Waals surface area (Å²) in [6.45, 7) is 5.47. The first-order valence-corrected chi connectivity index (χ1v) is 13.1. The molecule has 1 saturated carbocycles. The lowest BCUT2D eigenvalue weighted by Gasteiger charge is -2.19. The molecule has 1 aliphatic rings. The fraction of sp³-hybridized carbons (Fsp3) is 0.367. The molecule has 0 bridgehead atoms. The van der Waals surface area contributed by atoms with E-state index in [-0.39, 0.29) is 35.4 Å². The van der Waals surface area contributed by atoms with Crippen molar-refractivity contribution in [3.05, 3.63) is 76.3 Å². The smallest absolute Gasteiger partial charge is 0.306 e. The molecule has 1 fully saturated rings. The number of hydrogen-bond donors (Lipinski definition) is 0. The van der Waals surface area contributed by atoms with Crippen LogP contribution in [0.3, 0.4) is 0 Å². The monoisotopic (exact) mass is 531 g/mol. The molecule has 0 spiro atoms. The summed E-state index contributed by atoms with van der Waals surface area (Å²) in [6.07, 6.45) is 3.56. The van der Waals surface area contributed by atoms with E-state index >= 15 is 0 Å². The molecule has 0 N–H and O–H groups in total. The second-order valence-corrected chi connectivity index (χ2v) is 10.9. The van der Waals surface area contributed by atoms with Crippen molar-refractivity contribution in [3.8, 4) is 16.9 Å². The molecular weight excluding hydrogens is 501 g/mol. The number of unbranched alkanes of at least 4 members (excludes halogenated alkanes) is 1. The van der Waals surface area contributed by atoms with Gasteiger partial charge in [0.05, 0.1) is 16.6 Å². The van der Waals surface area contributed by atoms with E-state index in [4.69, 9.17) is 14.2 Å². The molecule has 0 atom stereocenters. The van der Waals surface area contributed by atoms with E-state index in [1.807, 2.05) is 20.8 Å². The van der Waals surface area contributed by atoms with Crippen molar-refractivity contribution in [1.29, 1.82) is 0 Å². The number of esters is 1. The maximum atomic E-state index is 13.6. The third-order valence-corrected chi connectivity index (χ3v) is 6.47. The van der Waals surface area contributed by atoms with Crippen molar-refractivity contribution < 1.29 is 23.2 Å². The van der Waals surface area contributed by atoms with Gasteiger partial charge in [-0.2, -0.15) is 0 Å². The summed E-state index contributed by atoms with van der Waals surface area (Å²) in [5.74, 6) is 0.0245. The van der Waals surface area contributed by atoms with Gasteiger partial charge in [0.15, 0.2) is 0 Å². The molecule has 5 rings (SSSR count). The van der Waals surface area contributed by atoms with E-state index in [2.05, 4.69) is 5.16 Å². The fourth-order valence-electron chi connectivity index (χ4n) is 4.43. The third kappa shape index (κ3) is 6.13. The Balaban J connectivity index is 1.45. The summed E-state index contributed by atoms with van der Waals surface area (Å²) in [7, 11) is 0. The molecule has 0 radical (unpaired) electrons. The summed E-state index contributed by atoms with van der Waals surface area (Å²) in [5.41, 5.74) is 1.30. The quantitative estimate of drug-likeness (QED) is 0.152.